The lowest BCUT2D eigenvalue weighted by Crippen LogP contribution is -2.31. The lowest BCUT2D eigenvalue weighted by atomic mass is 9.85. The number of hydrogen-bond acceptors (Lipinski definition) is 3. The van der Waals surface area contributed by atoms with E-state index >= 15 is 0 Å². The van der Waals surface area contributed by atoms with E-state index < -0.39 is 0 Å². The van der Waals surface area contributed by atoms with Crippen LogP contribution in [-0.2, 0) is 0 Å². The van der Waals surface area contributed by atoms with Crippen LogP contribution in [0.3, 0.4) is 0 Å². The van der Waals surface area contributed by atoms with E-state index in [-0.39, 0.29) is 11.5 Å². The van der Waals surface area contributed by atoms with Crippen molar-refractivity contribution < 1.29 is 4.74 Å². The number of methoxy groups -OCH3 is 1. The number of nitrogens with two attached hydrogens (primary N) is 1. The van der Waals surface area contributed by atoms with Crippen molar-refractivity contribution in [3.8, 4) is 5.75 Å². The molecular weight excluding hydrogens is 212 g/mol. The van der Waals surface area contributed by atoms with E-state index in [1.165, 1.54) is 5.56 Å². The predicted octanol–water partition coefficient (Wildman–Crippen LogP) is 2.94. The Labute approximate surface area is 104 Å². The number of rotatable bonds is 4. The number of ether oxygens (including phenoxy) is 1. The first-order valence-electron chi connectivity index (χ1n) is 5.98. The molecule has 0 radical (unpaired) electrons. The molecule has 3 nitrogen and oxygen atoms in total. The third-order valence-corrected chi connectivity index (χ3v) is 2.78. The molecule has 0 bridgehead atoms. The monoisotopic (exact) mass is 236 g/mol. The van der Waals surface area contributed by atoms with Crippen LogP contribution in [0.1, 0.15) is 44.4 Å². The highest BCUT2D eigenvalue weighted by atomic mass is 16.5. The first-order valence-corrected chi connectivity index (χ1v) is 5.98. The van der Waals surface area contributed by atoms with Crippen molar-refractivity contribution in [3.05, 3.63) is 29.3 Å². The molecule has 1 rings (SSSR count). The van der Waals surface area contributed by atoms with Gasteiger partial charge in [0.1, 0.15) is 5.75 Å². The van der Waals surface area contributed by atoms with Gasteiger partial charge in [-0.05, 0) is 24.8 Å². The van der Waals surface area contributed by atoms with Gasteiger partial charge in [-0.15, -0.1) is 0 Å². The van der Waals surface area contributed by atoms with Crippen molar-refractivity contribution >= 4 is 0 Å². The Morgan fingerprint density at radius 3 is 2.47 bits per heavy atom. The van der Waals surface area contributed by atoms with E-state index in [4.69, 9.17) is 10.6 Å². The third-order valence-electron chi connectivity index (χ3n) is 2.78. The fraction of sp³-hybridized carbons (Fsp3) is 0.571. The first-order chi connectivity index (χ1) is 7.87. The summed E-state index contributed by atoms with van der Waals surface area (Å²) in [4.78, 5) is 0. The molecule has 1 aromatic carbocycles. The zero-order chi connectivity index (χ0) is 13.1. The number of nitrogens with one attached hydrogen (secondary N) is 1. The fourth-order valence-electron chi connectivity index (χ4n) is 2.00. The third kappa shape index (κ3) is 4.02. The average Bonchev–Trinajstić information content (AvgIpc) is 2.24. The van der Waals surface area contributed by atoms with Crippen LogP contribution >= 0.6 is 0 Å². The van der Waals surface area contributed by atoms with Crippen molar-refractivity contribution in [1.29, 1.82) is 0 Å². The van der Waals surface area contributed by atoms with Crippen LogP contribution in [0.5, 0.6) is 5.75 Å². The van der Waals surface area contributed by atoms with Crippen molar-refractivity contribution in [3.63, 3.8) is 0 Å². The van der Waals surface area contributed by atoms with Crippen LogP contribution in [-0.4, -0.2) is 7.11 Å². The molecule has 0 aliphatic carbocycles. The molecule has 0 aliphatic rings. The van der Waals surface area contributed by atoms with Crippen molar-refractivity contribution in [2.45, 2.75) is 40.2 Å². The summed E-state index contributed by atoms with van der Waals surface area (Å²) >= 11 is 0. The molecular formula is C14H24N2O. The minimum Gasteiger partial charge on any atom is -0.496 e. The van der Waals surface area contributed by atoms with Crippen molar-refractivity contribution in [1.82, 2.24) is 5.43 Å². The smallest absolute Gasteiger partial charge is 0.123 e. The van der Waals surface area contributed by atoms with Gasteiger partial charge in [0.15, 0.2) is 0 Å². The minimum absolute atomic E-state index is 0.116. The van der Waals surface area contributed by atoms with Gasteiger partial charge < -0.3 is 4.74 Å². The van der Waals surface area contributed by atoms with Crippen LogP contribution in [0.15, 0.2) is 18.2 Å². The Balaban J connectivity index is 3.06. The summed E-state index contributed by atoms with van der Waals surface area (Å²) in [5, 5.41) is 0. The van der Waals surface area contributed by atoms with Crippen molar-refractivity contribution in [2.24, 2.45) is 11.3 Å². The molecule has 0 fully saturated rings. The van der Waals surface area contributed by atoms with E-state index in [0.29, 0.717) is 0 Å². The van der Waals surface area contributed by atoms with Crippen LogP contribution < -0.4 is 16.0 Å². The maximum absolute atomic E-state index is 5.68. The molecule has 0 saturated carbocycles. The van der Waals surface area contributed by atoms with Crippen LogP contribution in [0.2, 0.25) is 0 Å². The maximum atomic E-state index is 5.68. The summed E-state index contributed by atoms with van der Waals surface area (Å²) in [7, 11) is 1.69. The Morgan fingerprint density at radius 1 is 1.35 bits per heavy atom. The van der Waals surface area contributed by atoms with E-state index in [0.717, 1.165) is 17.7 Å². The summed E-state index contributed by atoms with van der Waals surface area (Å²) < 4.78 is 5.40. The summed E-state index contributed by atoms with van der Waals surface area (Å²) in [5.74, 6) is 6.57. The van der Waals surface area contributed by atoms with Crippen LogP contribution in [0, 0.1) is 12.3 Å². The predicted molar refractivity (Wildman–Crippen MR) is 71.9 cm³/mol. The average molecular weight is 236 g/mol. The zero-order valence-corrected chi connectivity index (χ0v) is 11.5. The molecule has 0 heterocycles. The molecule has 96 valence electrons. The highest BCUT2D eigenvalue weighted by molar-refractivity contribution is 5.39. The number of benzene rings is 1. The second-order valence-electron chi connectivity index (χ2n) is 5.73. The normalized spacial score (nSPS) is 13.5. The van der Waals surface area contributed by atoms with Gasteiger partial charge in [0.25, 0.3) is 0 Å². The molecule has 0 saturated heterocycles. The van der Waals surface area contributed by atoms with Gasteiger partial charge in [-0.1, -0.05) is 38.5 Å². The lowest BCUT2D eigenvalue weighted by Gasteiger charge is -2.27. The fourth-order valence-corrected chi connectivity index (χ4v) is 2.00. The minimum atomic E-state index is 0.116. The van der Waals surface area contributed by atoms with Crippen LogP contribution in [0.25, 0.3) is 0 Å². The molecule has 0 aliphatic heterocycles. The Hall–Kier alpha value is -1.06. The number of aryl methyl sites for hydroxylation is 1. The SMILES string of the molecule is COc1ccc(C)cc1C(CC(C)(C)C)NN. The summed E-state index contributed by atoms with van der Waals surface area (Å²) in [5.41, 5.74) is 5.46. The van der Waals surface area contributed by atoms with Gasteiger partial charge in [-0.2, -0.15) is 0 Å². The zero-order valence-electron chi connectivity index (χ0n) is 11.5. The molecule has 1 unspecified atom stereocenters. The molecule has 17 heavy (non-hydrogen) atoms. The summed E-state index contributed by atoms with van der Waals surface area (Å²) in [6, 6.07) is 6.30. The lowest BCUT2D eigenvalue weighted by molar-refractivity contribution is 0.306. The Kier molecular flexibility index (Phi) is 4.54. The standard InChI is InChI=1S/C14H24N2O/c1-10-6-7-13(17-5)11(8-10)12(16-15)9-14(2,3)4/h6-8,12,16H,9,15H2,1-5H3. The van der Waals surface area contributed by atoms with E-state index in [1.54, 1.807) is 7.11 Å². The quantitative estimate of drug-likeness (QED) is 0.624. The molecule has 3 N–H and O–H groups in total. The largest absolute Gasteiger partial charge is 0.496 e. The Morgan fingerprint density at radius 2 is 2.00 bits per heavy atom. The van der Waals surface area contributed by atoms with Gasteiger partial charge in [0.2, 0.25) is 0 Å². The molecule has 0 aromatic heterocycles. The molecule has 1 aromatic rings. The summed E-state index contributed by atoms with van der Waals surface area (Å²) in [6.45, 7) is 8.70. The number of hydrazine groups is 1. The highest BCUT2D eigenvalue weighted by Crippen LogP contribution is 2.33. The first kappa shape index (κ1) is 14.0. The van der Waals surface area contributed by atoms with Crippen molar-refractivity contribution in [2.75, 3.05) is 7.11 Å². The summed E-state index contributed by atoms with van der Waals surface area (Å²) in [6.07, 6.45) is 0.962. The second-order valence-corrected chi connectivity index (χ2v) is 5.73. The number of hydrogen-bond donors (Lipinski definition) is 2. The van der Waals surface area contributed by atoms with Crippen LogP contribution in [0.4, 0.5) is 0 Å². The topological polar surface area (TPSA) is 47.3 Å². The van der Waals surface area contributed by atoms with E-state index in [2.05, 4.69) is 39.2 Å². The second kappa shape index (κ2) is 5.52. The maximum Gasteiger partial charge on any atom is 0.123 e. The van der Waals surface area contributed by atoms with Gasteiger partial charge in [0, 0.05) is 5.56 Å². The van der Waals surface area contributed by atoms with Gasteiger partial charge in [-0.25, -0.2) is 0 Å². The molecule has 0 spiro atoms. The Bertz CT molecular complexity index is 369. The van der Waals surface area contributed by atoms with Gasteiger partial charge in [0.05, 0.1) is 13.2 Å². The highest BCUT2D eigenvalue weighted by Gasteiger charge is 2.21. The van der Waals surface area contributed by atoms with E-state index in [9.17, 15) is 0 Å². The molecule has 3 heteroatoms. The van der Waals surface area contributed by atoms with E-state index in [1.807, 2.05) is 12.1 Å². The molecule has 1 atom stereocenters. The van der Waals surface area contributed by atoms with Gasteiger partial charge in [-0.3, -0.25) is 11.3 Å². The van der Waals surface area contributed by atoms with Gasteiger partial charge >= 0.3 is 0 Å². The molecule has 0 amide bonds.